The molecule has 5 heteroatoms. The molecule has 0 bridgehead atoms. The molecule has 0 amide bonds. The molecule has 3 aromatic rings. The number of rotatable bonds is 5. The molecular formula is C19H17FN4. The fraction of sp³-hybridized carbons (Fsp3) is 0.0526. The molecule has 0 aromatic heterocycles. The number of hydrogen-bond acceptors (Lipinski definition) is 4. The Morgan fingerprint density at radius 2 is 1.29 bits per heavy atom. The Balaban J connectivity index is 1.61. The van der Waals surface area contributed by atoms with Gasteiger partial charge in [-0.05, 0) is 55.5 Å². The molecule has 0 heterocycles. The quantitative estimate of drug-likeness (QED) is 0.448. The number of benzene rings is 3. The number of nitrogens with one attached hydrogen (secondary N) is 2. The molecule has 3 aromatic carbocycles. The molecule has 0 saturated heterocycles. The van der Waals surface area contributed by atoms with Crippen LogP contribution in [0.5, 0.6) is 0 Å². The summed E-state index contributed by atoms with van der Waals surface area (Å²) in [4.78, 5) is 0. The van der Waals surface area contributed by atoms with Crippen molar-refractivity contribution in [2.24, 2.45) is 10.2 Å². The number of hydrazine groups is 1. The average molecular weight is 320 g/mol. The molecule has 2 N–H and O–H groups in total. The summed E-state index contributed by atoms with van der Waals surface area (Å²) in [6.45, 7) is 2.03. The van der Waals surface area contributed by atoms with Gasteiger partial charge in [0.2, 0.25) is 0 Å². The van der Waals surface area contributed by atoms with E-state index in [0.29, 0.717) is 5.69 Å². The van der Waals surface area contributed by atoms with Gasteiger partial charge < -0.3 is 5.43 Å². The summed E-state index contributed by atoms with van der Waals surface area (Å²) in [5, 5.41) is 8.39. The Hall–Kier alpha value is -3.21. The topological polar surface area (TPSA) is 48.8 Å². The van der Waals surface area contributed by atoms with Crippen LogP contribution in [0.4, 0.5) is 27.1 Å². The maximum absolute atomic E-state index is 13.5. The van der Waals surface area contributed by atoms with Crippen molar-refractivity contribution in [3.8, 4) is 0 Å². The van der Waals surface area contributed by atoms with Crippen LogP contribution in [0.15, 0.2) is 83.0 Å². The number of para-hydroxylation sites is 1. The van der Waals surface area contributed by atoms with Crippen molar-refractivity contribution in [1.29, 1.82) is 0 Å². The Morgan fingerprint density at radius 3 is 1.92 bits per heavy atom. The van der Waals surface area contributed by atoms with E-state index in [-0.39, 0.29) is 5.82 Å². The van der Waals surface area contributed by atoms with Gasteiger partial charge in [-0.1, -0.05) is 29.8 Å². The largest absolute Gasteiger partial charge is 0.301 e. The summed E-state index contributed by atoms with van der Waals surface area (Å²) in [6.07, 6.45) is 0. The van der Waals surface area contributed by atoms with E-state index in [4.69, 9.17) is 0 Å². The SMILES string of the molecule is Cc1ccc(/N=N\c2ccc(NNc3ccccc3F)cc2)cc1. The molecule has 0 spiro atoms. The average Bonchev–Trinajstić information content (AvgIpc) is 2.61. The van der Waals surface area contributed by atoms with Crippen molar-refractivity contribution in [2.75, 3.05) is 10.9 Å². The second kappa shape index (κ2) is 7.37. The van der Waals surface area contributed by atoms with Crippen molar-refractivity contribution >= 4 is 22.7 Å². The number of anilines is 2. The molecular weight excluding hydrogens is 303 g/mol. The molecule has 0 aliphatic rings. The first-order valence-electron chi connectivity index (χ1n) is 7.56. The molecule has 0 radical (unpaired) electrons. The highest BCUT2D eigenvalue weighted by Crippen LogP contribution is 2.21. The van der Waals surface area contributed by atoms with Crippen LogP contribution < -0.4 is 10.9 Å². The predicted octanol–water partition coefficient (Wildman–Crippen LogP) is 5.99. The molecule has 24 heavy (non-hydrogen) atoms. The van der Waals surface area contributed by atoms with Gasteiger partial charge in [0.1, 0.15) is 5.82 Å². The van der Waals surface area contributed by atoms with Crippen molar-refractivity contribution in [3.05, 3.63) is 84.2 Å². The van der Waals surface area contributed by atoms with Gasteiger partial charge in [0, 0.05) is 0 Å². The second-order valence-electron chi connectivity index (χ2n) is 5.31. The van der Waals surface area contributed by atoms with Crippen molar-refractivity contribution in [2.45, 2.75) is 6.92 Å². The molecule has 0 aliphatic heterocycles. The highest BCUT2D eigenvalue weighted by molar-refractivity contribution is 5.56. The van der Waals surface area contributed by atoms with Gasteiger partial charge in [-0.2, -0.15) is 10.2 Å². The van der Waals surface area contributed by atoms with Crippen LogP contribution in [0.1, 0.15) is 5.56 Å². The van der Waals surface area contributed by atoms with E-state index < -0.39 is 0 Å². The number of nitrogens with zero attached hydrogens (tertiary/aromatic N) is 2. The van der Waals surface area contributed by atoms with Gasteiger partial charge in [0.25, 0.3) is 0 Å². The van der Waals surface area contributed by atoms with E-state index in [9.17, 15) is 4.39 Å². The fourth-order valence-electron chi connectivity index (χ4n) is 2.04. The Labute approximate surface area is 140 Å². The van der Waals surface area contributed by atoms with Crippen LogP contribution in [0.2, 0.25) is 0 Å². The van der Waals surface area contributed by atoms with E-state index in [1.54, 1.807) is 18.2 Å². The van der Waals surface area contributed by atoms with Gasteiger partial charge in [0.15, 0.2) is 0 Å². The van der Waals surface area contributed by atoms with E-state index in [1.165, 1.54) is 11.6 Å². The number of azo groups is 1. The van der Waals surface area contributed by atoms with Gasteiger partial charge in [-0.15, -0.1) is 0 Å². The van der Waals surface area contributed by atoms with Crippen LogP contribution in [-0.2, 0) is 0 Å². The molecule has 0 fully saturated rings. The van der Waals surface area contributed by atoms with Gasteiger partial charge in [0.05, 0.1) is 22.7 Å². The number of aryl methyl sites for hydroxylation is 1. The van der Waals surface area contributed by atoms with Crippen LogP contribution in [-0.4, -0.2) is 0 Å². The lowest BCUT2D eigenvalue weighted by Gasteiger charge is -2.10. The molecule has 0 saturated carbocycles. The highest BCUT2D eigenvalue weighted by atomic mass is 19.1. The minimum Gasteiger partial charge on any atom is -0.301 e. The summed E-state index contributed by atoms with van der Waals surface area (Å²) in [5.41, 5.74) is 9.71. The lowest BCUT2D eigenvalue weighted by atomic mass is 10.2. The second-order valence-corrected chi connectivity index (χ2v) is 5.31. The first kappa shape index (κ1) is 15.7. The number of hydrogen-bond donors (Lipinski definition) is 2. The zero-order valence-corrected chi connectivity index (χ0v) is 13.2. The molecule has 3 rings (SSSR count). The summed E-state index contributed by atoms with van der Waals surface area (Å²) in [7, 11) is 0. The smallest absolute Gasteiger partial charge is 0.148 e. The van der Waals surface area contributed by atoms with Gasteiger partial charge in [-0.25, -0.2) is 4.39 Å². The first-order valence-corrected chi connectivity index (χ1v) is 7.56. The third-order valence-corrected chi connectivity index (χ3v) is 3.40. The fourth-order valence-corrected chi connectivity index (χ4v) is 2.04. The Bertz CT molecular complexity index is 827. The third-order valence-electron chi connectivity index (χ3n) is 3.40. The van der Waals surface area contributed by atoms with Crippen molar-refractivity contribution in [1.82, 2.24) is 0 Å². The first-order chi connectivity index (χ1) is 11.7. The normalized spacial score (nSPS) is 10.8. The Morgan fingerprint density at radius 1 is 0.708 bits per heavy atom. The van der Waals surface area contributed by atoms with Crippen LogP contribution in [0.25, 0.3) is 0 Å². The summed E-state index contributed by atoms with van der Waals surface area (Å²) in [6, 6.07) is 21.7. The minimum atomic E-state index is -0.312. The van der Waals surface area contributed by atoms with Gasteiger partial charge in [-0.3, -0.25) is 5.43 Å². The van der Waals surface area contributed by atoms with Crippen molar-refractivity contribution in [3.63, 3.8) is 0 Å². The zero-order chi connectivity index (χ0) is 16.8. The van der Waals surface area contributed by atoms with E-state index in [2.05, 4.69) is 21.1 Å². The maximum atomic E-state index is 13.5. The zero-order valence-electron chi connectivity index (χ0n) is 13.2. The molecule has 0 unspecified atom stereocenters. The Kier molecular flexibility index (Phi) is 4.81. The third kappa shape index (κ3) is 4.16. The van der Waals surface area contributed by atoms with E-state index in [0.717, 1.165) is 17.1 Å². The van der Waals surface area contributed by atoms with Gasteiger partial charge >= 0.3 is 0 Å². The van der Waals surface area contributed by atoms with E-state index >= 15 is 0 Å². The molecule has 120 valence electrons. The molecule has 0 atom stereocenters. The van der Waals surface area contributed by atoms with E-state index in [1.807, 2.05) is 55.5 Å². The highest BCUT2D eigenvalue weighted by Gasteiger charge is 1.99. The standard InChI is InChI=1S/C19H17FN4/c1-14-6-8-15(9-7-14)21-22-16-10-12-17(13-11-16)23-24-19-5-3-2-4-18(19)20/h2-13,23-24H,1H3/b22-21-. The minimum absolute atomic E-state index is 0.312. The summed E-state index contributed by atoms with van der Waals surface area (Å²) in [5.74, 6) is -0.312. The predicted molar refractivity (Wildman–Crippen MR) is 95.4 cm³/mol. The van der Waals surface area contributed by atoms with Crippen LogP contribution in [0.3, 0.4) is 0 Å². The summed E-state index contributed by atoms with van der Waals surface area (Å²) < 4.78 is 13.5. The lowest BCUT2D eigenvalue weighted by molar-refractivity contribution is 0.631. The van der Waals surface area contributed by atoms with Crippen LogP contribution >= 0.6 is 0 Å². The van der Waals surface area contributed by atoms with Crippen LogP contribution in [0, 0.1) is 12.7 Å². The monoisotopic (exact) mass is 320 g/mol. The molecule has 4 nitrogen and oxygen atoms in total. The lowest BCUT2D eigenvalue weighted by Crippen LogP contribution is -2.09. The molecule has 0 aliphatic carbocycles. The summed E-state index contributed by atoms with van der Waals surface area (Å²) >= 11 is 0. The maximum Gasteiger partial charge on any atom is 0.148 e. The van der Waals surface area contributed by atoms with Crippen molar-refractivity contribution < 1.29 is 4.39 Å². The number of halogens is 1.